The van der Waals surface area contributed by atoms with Crippen molar-refractivity contribution in [1.29, 1.82) is 0 Å². The summed E-state index contributed by atoms with van der Waals surface area (Å²) < 4.78 is 89.7. The maximum atomic E-state index is 15.0. The van der Waals surface area contributed by atoms with Crippen LogP contribution in [-0.2, 0) is 20.8 Å². The molecule has 218 valence electrons. The Labute approximate surface area is 226 Å². The Balaban J connectivity index is 1.72. The fraction of sp³-hybridized carbons (Fsp3) is 0.444. The molecule has 0 radical (unpaired) electrons. The number of ether oxygens (including phenoxy) is 1. The lowest BCUT2D eigenvalue weighted by atomic mass is 9.99. The van der Waals surface area contributed by atoms with E-state index in [1.165, 1.54) is 6.92 Å². The molecule has 1 aliphatic rings. The number of benzene rings is 2. The van der Waals surface area contributed by atoms with E-state index in [2.05, 4.69) is 20.7 Å². The largest absolute Gasteiger partial charge is 0.432 e. The highest BCUT2D eigenvalue weighted by atomic mass is 19.3. The molecule has 0 aromatic heterocycles. The number of amides is 2. The van der Waals surface area contributed by atoms with Crippen LogP contribution in [0.5, 0.6) is 5.75 Å². The first-order valence-electron chi connectivity index (χ1n) is 12.6. The number of carbonyl (C=O) groups excluding carboxylic acids is 3. The minimum absolute atomic E-state index is 0.0360. The van der Waals surface area contributed by atoms with Gasteiger partial charge in [-0.05, 0) is 61.2 Å². The Kier molecular flexibility index (Phi) is 10.2. The zero-order valence-corrected chi connectivity index (χ0v) is 21.5. The molecule has 7 nitrogen and oxygen atoms in total. The molecule has 1 fully saturated rings. The zero-order valence-electron chi connectivity index (χ0n) is 21.5. The summed E-state index contributed by atoms with van der Waals surface area (Å²) in [5, 5.41) is 6.75. The molecule has 2 aromatic carbocycles. The van der Waals surface area contributed by atoms with Gasteiger partial charge in [0.05, 0.1) is 12.1 Å². The molecule has 0 aliphatic heterocycles. The molecule has 13 heteroatoms. The normalized spacial score (nSPS) is 15.2. The lowest BCUT2D eigenvalue weighted by Gasteiger charge is -2.27. The molecule has 0 heterocycles. The maximum absolute atomic E-state index is 15.0. The Hall–Kier alpha value is -3.61. The third-order valence-electron chi connectivity index (χ3n) is 6.01. The molecule has 0 bridgehead atoms. The van der Waals surface area contributed by atoms with E-state index in [1.54, 1.807) is 0 Å². The van der Waals surface area contributed by atoms with Crippen LogP contribution in [-0.4, -0.2) is 54.3 Å². The highest BCUT2D eigenvalue weighted by molar-refractivity contribution is 6.38. The van der Waals surface area contributed by atoms with Crippen molar-refractivity contribution in [2.24, 2.45) is 0 Å². The number of alkyl halides is 4. The number of hydrogen-bond donors (Lipinski definition) is 3. The van der Waals surface area contributed by atoms with Gasteiger partial charge in [0.2, 0.25) is 11.7 Å². The molecule has 1 saturated carbocycles. The average molecular weight is 574 g/mol. The van der Waals surface area contributed by atoms with Crippen molar-refractivity contribution < 1.29 is 45.5 Å². The van der Waals surface area contributed by atoms with Gasteiger partial charge in [-0.1, -0.05) is 19.1 Å². The van der Waals surface area contributed by atoms with Gasteiger partial charge >= 0.3 is 6.11 Å². The van der Waals surface area contributed by atoms with Crippen molar-refractivity contribution in [2.75, 3.05) is 6.54 Å². The predicted molar refractivity (Wildman–Crippen MR) is 132 cm³/mol. The monoisotopic (exact) mass is 573 g/mol. The van der Waals surface area contributed by atoms with Crippen molar-refractivity contribution >= 4 is 17.6 Å². The van der Waals surface area contributed by atoms with Gasteiger partial charge in [-0.3, -0.25) is 19.7 Å². The van der Waals surface area contributed by atoms with Crippen LogP contribution in [0.4, 0.5) is 26.3 Å². The highest BCUT2D eigenvalue weighted by Crippen LogP contribution is 2.27. The second kappa shape index (κ2) is 13.2. The van der Waals surface area contributed by atoms with Crippen LogP contribution in [0.2, 0.25) is 0 Å². The number of halogens is 6. The molecule has 0 spiro atoms. The van der Waals surface area contributed by atoms with Crippen LogP contribution >= 0.6 is 0 Å². The van der Waals surface area contributed by atoms with E-state index in [0.29, 0.717) is 12.8 Å². The van der Waals surface area contributed by atoms with Crippen LogP contribution in [0.25, 0.3) is 0 Å². The van der Waals surface area contributed by atoms with Crippen LogP contribution in [0.3, 0.4) is 0 Å². The molecule has 1 aliphatic carbocycles. The lowest BCUT2D eigenvalue weighted by molar-refractivity contribution is -0.174. The highest BCUT2D eigenvalue weighted by Gasteiger charge is 2.40. The van der Waals surface area contributed by atoms with E-state index in [4.69, 9.17) is 0 Å². The van der Waals surface area contributed by atoms with Gasteiger partial charge in [0.15, 0.2) is 0 Å². The lowest BCUT2D eigenvalue weighted by Crippen LogP contribution is -2.56. The third kappa shape index (κ3) is 9.85. The van der Waals surface area contributed by atoms with Gasteiger partial charge in [0.1, 0.15) is 23.9 Å². The van der Waals surface area contributed by atoms with Crippen molar-refractivity contribution in [3.05, 3.63) is 65.7 Å². The SMILES string of the molecule is CCC(NC(=O)C(CC(F)(F)Cc1ccc(F)cc1)NCC(F)(F)Oc1ccc(F)cc1)C(=O)C(=O)NC1CC1. The summed E-state index contributed by atoms with van der Waals surface area (Å²) in [6.45, 7) is 0.0749. The smallest absolute Gasteiger partial charge is 0.410 e. The molecule has 2 aromatic rings. The van der Waals surface area contributed by atoms with Crippen LogP contribution in [0, 0.1) is 11.6 Å². The molecule has 2 unspecified atom stereocenters. The van der Waals surface area contributed by atoms with E-state index in [0.717, 1.165) is 48.5 Å². The Bertz CT molecular complexity index is 1170. The summed E-state index contributed by atoms with van der Waals surface area (Å²) in [6, 6.07) is 4.37. The van der Waals surface area contributed by atoms with Crippen LogP contribution in [0.1, 0.15) is 38.2 Å². The first kappa shape index (κ1) is 30.9. The van der Waals surface area contributed by atoms with Gasteiger partial charge in [0, 0.05) is 18.9 Å². The molecule has 2 atom stereocenters. The van der Waals surface area contributed by atoms with E-state index in [1.807, 2.05) is 0 Å². The molecule has 3 N–H and O–H groups in total. The second-order valence-electron chi connectivity index (χ2n) is 9.57. The van der Waals surface area contributed by atoms with Crippen molar-refractivity contribution in [2.45, 2.75) is 69.2 Å². The van der Waals surface area contributed by atoms with Crippen molar-refractivity contribution in [3.8, 4) is 5.75 Å². The van der Waals surface area contributed by atoms with Crippen molar-refractivity contribution in [1.82, 2.24) is 16.0 Å². The summed E-state index contributed by atoms with van der Waals surface area (Å²) >= 11 is 0. The number of ketones is 1. The van der Waals surface area contributed by atoms with Crippen molar-refractivity contribution in [3.63, 3.8) is 0 Å². The fourth-order valence-corrected chi connectivity index (χ4v) is 3.75. The Morgan fingerprint density at radius 2 is 1.50 bits per heavy atom. The topological polar surface area (TPSA) is 96.5 Å². The van der Waals surface area contributed by atoms with Crippen LogP contribution < -0.4 is 20.7 Å². The van der Waals surface area contributed by atoms with Gasteiger partial charge in [0.25, 0.3) is 11.8 Å². The van der Waals surface area contributed by atoms with Gasteiger partial charge in [-0.15, -0.1) is 0 Å². The number of carbonyl (C=O) groups is 3. The molecule has 3 rings (SSSR count). The van der Waals surface area contributed by atoms with E-state index >= 15 is 0 Å². The van der Waals surface area contributed by atoms with Gasteiger partial charge < -0.3 is 15.4 Å². The molecule has 2 amide bonds. The average Bonchev–Trinajstić information content (AvgIpc) is 3.71. The van der Waals surface area contributed by atoms with E-state index in [-0.39, 0.29) is 18.0 Å². The summed E-state index contributed by atoms with van der Waals surface area (Å²) in [6.07, 6.45) is -4.88. The molecular formula is C27H29F6N3O4. The number of rotatable bonds is 15. The second-order valence-corrected chi connectivity index (χ2v) is 9.57. The first-order valence-corrected chi connectivity index (χ1v) is 12.6. The minimum atomic E-state index is -4.01. The minimum Gasteiger partial charge on any atom is -0.432 e. The van der Waals surface area contributed by atoms with E-state index in [9.17, 15) is 40.7 Å². The summed E-state index contributed by atoms with van der Waals surface area (Å²) in [4.78, 5) is 37.6. The standard InChI is InChI=1S/C27H29F6N3O4/c1-2-21(23(37)25(39)35-19-9-10-19)36-24(38)22(14-26(30,31)13-16-3-5-17(28)6-4-16)34-15-27(32,33)40-20-11-7-18(29)8-12-20/h3-8,11-12,19,21-22,34H,2,9-10,13-15H2,1H3,(H,35,39)(H,36,38). The Morgan fingerprint density at radius 1 is 0.925 bits per heavy atom. The summed E-state index contributed by atoms with van der Waals surface area (Å²) in [7, 11) is 0. The molecular weight excluding hydrogens is 544 g/mol. The number of hydrogen-bond acceptors (Lipinski definition) is 5. The third-order valence-corrected chi connectivity index (χ3v) is 6.01. The van der Waals surface area contributed by atoms with E-state index < -0.39 is 78.5 Å². The molecule has 0 saturated heterocycles. The van der Waals surface area contributed by atoms with Crippen LogP contribution in [0.15, 0.2) is 48.5 Å². The molecule has 40 heavy (non-hydrogen) atoms. The Morgan fingerprint density at radius 3 is 2.05 bits per heavy atom. The maximum Gasteiger partial charge on any atom is 0.410 e. The zero-order chi connectivity index (χ0) is 29.5. The fourth-order valence-electron chi connectivity index (χ4n) is 3.75. The van der Waals surface area contributed by atoms with Gasteiger partial charge in [-0.2, -0.15) is 8.78 Å². The first-order chi connectivity index (χ1) is 18.8. The summed E-state index contributed by atoms with van der Waals surface area (Å²) in [5.74, 6) is -8.53. The number of Topliss-reactive ketones (excluding diaryl/α,β-unsaturated/α-hetero) is 1. The number of nitrogens with one attached hydrogen (secondary N) is 3. The quantitative estimate of drug-likeness (QED) is 0.222. The summed E-state index contributed by atoms with van der Waals surface area (Å²) in [5.41, 5.74) is 0.0360. The predicted octanol–water partition coefficient (Wildman–Crippen LogP) is 3.91. The van der Waals surface area contributed by atoms with Gasteiger partial charge in [-0.25, -0.2) is 17.6 Å².